The number of hydrogen-bond acceptors (Lipinski definition) is 6. The minimum absolute atomic E-state index is 0.0173. The van der Waals surface area contributed by atoms with Crippen molar-refractivity contribution in [2.45, 2.75) is 11.3 Å². The Morgan fingerprint density at radius 3 is 2.68 bits per heavy atom. The highest BCUT2D eigenvalue weighted by Gasteiger charge is 2.14. The van der Waals surface area contributed by atoms with Gasteiger partial charge in [0.25, 0.3) is 0 Å². The first-order valence-corrected chi connectivity index (χ1v) is 8.40. The number of carbonyl (C=O) groups excluding carboxylic acids is 2. The van der Waals surface area contributed by atoms with Gasteiger partial charge in [0.2, 0.25) is 11.8 Å². The quantitative estimate of drug-likeness (QED) is 0.817. The number of likely N-dealkylation sites (N-methyl/N-ethyl adjacent to an activating group) is 1. The summed E-state index contributed by atoms with van der Waals surface area (Å²) in [5, 5.41) is 10.3. The highest BCUT2D eigenvalue weighted by molar-refractivity contribution is 8.01. The largest absolute Gasteiger partial charge is 0.336 e. The lowest BCUT2D eigenvalue weighted by Crippen LogP contribution is -2.35. The Morgan fingerprint density at radius 2 is 2.05 bits per heavy atom. The summed E-state index contributed by atoms with van der Waals surface area (Å²) < 4.78 is 0.742. The molecule has 0 bridgehead atoms. The van der Waals surface area contributed by atoms with Gasteiger partial charge in [-0.3, -0.25) is 9.59 Å². The Balaban J connectivity index is 1.77. The van der Waals surface area contributed by atoms with Crippen LogP contribution < -0.4 is 5.32 Å². The standard InChI is InChI=1S/C14H16N4O2S2/c1-10-3-5-11(6-4-10)16-12(19)7-18(2)13(20)8-21-14-17-15-9-22-14/h3-6,9H,7-8H2,1-2H3,(H,16,19). The topological polar surface area (TPSA) is 75.2 Å². The van der Waals surface area contributed by atoms with E-state index in [1.165, 1.54) is 28.0 Å². The first-order chi connectivity index (χ1) is 10.5. The van der Waals surface area contributed by atoms with E-state index in [1.54, 1.807) is 12.6 Å². The molecule has 6 nitrogen and oxygen atoms in total. The number of anilines is 1. The number of benzene rings is 1. The number of amides is 2. The molecule has 0 aliphatic carbocycles. The Labute approximate surface area is 136 Å². The molecule has 1 N–H and O–H groups in total. The number of hydrogen-bond donors (Lipinski definition) is 1. The van der Waals surface area contributed by atoms with E-state index in [4.69, 9.17) is 0 Å². The Morgan fingerprint density at radius 1 is 1.32 bits per heavy atom. The van der Waals surface area contributed by atoms with Crippen molar-refractivity contribution in [3.8, 4) is 0 Å². The molecular formula is C14H16N4O2S2. The van der Waals surface area contributed by atoms with Crippen LogP contribution in [0.15, 0.2) is 34.1 Å². The van der Waals surface area contributed by atoms with Gasteiger partial charge < -0.3 is 10.2 Å². The molecule has 2 amide bonds. The SMILES string of the molecule is Cc1ccc(NC(=O)CN(C)C(=O)CSc2nncs2)cc1. The molecule has 1 aromatic heterocycles. The van der Waals surface area contributed by atoms with E-state index in [2.05, 4.69) is 15.5 Å². The second-order valence-corrected chi connectivity index (χ2v) is 6.71. The molecule has 2 aromatic rings. The van der Waals surface area contributed by atoms with E-state index in [-0.39, 0.29) is 24.1 Å². The van der Waals surface area contributed by atoms with Gasteiger partial charge in [0.05, 0.1) is 12.3 Å². The minimum Gasteiger partial charge on any atom is -0.336 e. The summed E-state index contributed by atoms with van der Waals surface area (Å²) in [5.41, 5.74) is 3.46. The lowest BCUT2D eigenvalue weighted by Gasteiger charge is -2.16. The van der Waals surface area contributed by atoms with E-state index < -0.39 is 0 Å². The number of rotatable bonds is 6. The van der Waals surface area contributed by atoms with Crippen LogP contribution >= 0.6 is 23.1 Å². The lowest BCUT2D eigenvalue weighted by molar-refractivity contribution is -0.131. The fourth-order valence-corrected chi connectivity index (χ4v) is 3.03. The fourth-order valence-electron chi connectivity index (χ4n) is 1.60. The van der Waals surface area contributed by atoms with Crippen molar-refractivity contribution < 1.29 is 9.59 Å². The highest BCUT2D eigenvalue weighted by atomic mass is 32.2. The van der Waals surface area contributed by atoms with Crippen molar-refractivity contribution in [3.63, 3.8) is 0 Å². The molecule has 0 fully saturated rings. The maximum atomic E-state index is 12.0. The molecule has 116 valence electrons. The second kappa shape index (κ2) is 7.90. The van der Waals surface area contributed by atoms with Crippen LogP contribution in [0, 0.1) is 6.92 Å². The number of nitrogens with one attached hydrogen (secondary N) is 1. The lowest BCUT2D eigenvalue weighted by atomic mass is 10.2. The van der Waals surface area contributed by atoms with Crippen LogP contribution in [0.3, 0.4) is 0 Å². The first kappa shape index (κ1) is 16.4. The number of thioether (sulfide) groups is 1. The number of nitrogens with zero attached hydrogens (tertiary/aromatic N) is 3. The highest BCUT2D eigenvalue weighted by Crippen LogP contribution is 2.18. The molecule has 0 saturated heterocycles. The molecule has 1 heterocycles. The van der Waals surface area contributed by atoms with Crippen LogP contribution in [-0.4, -0.2) is 46.3 Å². The fraction of sp³-hybridized carbons (Fsp3) is 0.286. The van der Waals surface area contributed by atoms with Crippen molar-refractivity contribution in [2.24, 2.45) is 0 Å². The summed E-state index contributed by atoms with van der Waals surface area (Å²) >= 11 is 2.70. The van der Waals surface area contributed by atoms with Crippen molar-refractivity contribution in [3.05, 3.63) is 35.3 Å². The Bertz CT molecular complexity index is 629. The van der Waals surface area contributed by atoms with Crippen LogP contribution in [0.1, 0.15) is 5.56 Å². The molecule has 2 rings (SSSR count). The molecule has 22 heavy (non-hydrogen) atoms. The molecule has 0 unspecified atom stereocenters. The molecule has 0 aliphatic heterocycles. The number of aromatic nitrogens is 2. The third kappa shape index (κ3) is 5.12. The van der Waals surface area contributed by atoms with E-state index in [0.717, 1.165) is 15.6 Å². The summed E-state index contributed by atoms with van der Waals surface area (Å²) in [6, 6.07) is 7.51. The maximum absolute atomic E-state index is 12.0. The Kier molecular flexibility index (Phi) is 5.91. The van der Waals surface area contributed by atoms with Crippen molar-refractivity contribution in [2.75, 3.05) is 24.7 Å². The Hall–Kier alpha value is -1.93. The summed E-state index contributed by atoms with van der Waals surface area (Å²) in [7, 11) is 1.61. The van der Waals surface area contributed by atoms with Gasteiger partial charge in [-0.25, -0.2) is 0 Å². The van der Waals surface area contributed by atoms with Crippen LogP contribution in [-0.2, 0) is 9.59 Å². The zero-order valence-electron chi connectivity index (χ0n) is 12.3. The predicted molar refractivity (Wildman–Crippen MR) is 88.1 cm³/mol. The van der Waals surface area contributed by atoms with Crippen LogP contribution in [0.4, 0.5) is 5.69 Å². The average molecular weight is 336 g/mol. The number of aryl methyl sites for hydroxylation is 1. The van der Waals surface area contributed by atoms with Crippen LogP contribution in [0.25, 0.3) is 0 Å². The van der Waals surface area contributed by atoms with Gasteiger partial charge in [-0.05, 0) is 19.1 Å². The normalized spacial score (nSPS) is 10.3. The van der Waals surface area contributed by atoms with E-state index >= 15 is 0 Å². The third-order valence-electron chi connectivity index (χ3n) is 2.80. The second-order valence-electron chi connectivity index (χ2n) is 4.66. The first-order valence-electron chi connectivity index (χ1n) is 6.54. The summed E-state index contributed by atoms with van der Waals surface area (Å²) in [5.74, 6) is -0.108. The molecule has 0 radical (unpaired) electrons. The van der Waals surface area contributed by atoms with Gasteiger partial charge in [0.1, 0.15) is 5.51 Å². The zero-order chi connectivity index (χ0) is 15.9. The third-order valence-corrected chi connectivity index (χ3v) is 4.65. The van der Waals surface area contributed by atoms with Gasteiger partial charge in [-0.15, -0.1) is 10.2 Å². The molecule has 0 saturated carbocycles. The molecule has 8 heteroatoms. The van der Waals surface area contributed by atoms with Crippen LogP contribution in [0.5, 0.6) is 0 Å². The maximum Gasteiger partial charge on any atom is 0.243 e. The van der Waals surface area contributed by atoms with Crippen LogP contribution in [0.2, 0.25) is 0 Å². The molecular weight excluding hydrogens is 320 g/mol. The van der Waals surface area contributed by atoms with Crippen molar-refractivity contribution in [1.29, 1.82) is 0 Å². The minimum atomic E-state index is -0.222. The predicted octanol–water partition coefficient (Wildman–Crippen LogP) is 2.04. The average Bonchev–Trinajstić information content (AvgIpc) is 3.00. The molecule has 0 aliphatic rings. The van der Waals surface area contributed by atoms with Crippen molar-refractivity contribution >= 4 is 40.6 Å². The van der Waals surface area contributed by atoms with E-state index in [0.29, 0.717) is 0 Å². The van der Waals surface area contributed by atoms with Crippen molar-refractivity contribution in [1.82, 2.24) is 15.1 Å². The molecule has 0 spiro atoms. The van der Waals surface area contributed by atoms with Gasteiger partial charge in [0, 0.05) is 12.7 Å². The summed E-state index contributed by atoms with van der Waals surface area (Å²) in [6.45, 7) is 2.00. The smallest absolute Gasteiger partial charge is 0.243 e. The summed E-state index contributed by atoms with van der Waals surface area (Å²) in [6.07, 6.45) is 0. The van der Waals surface area contributed by atoms with E-state index in [9.17, 15) is 9.59 Å². The van der Waals surface area contributed by atoms with Gasteiger partial charge in [-0.1, -0.05) is 40.8 Å². The molecule has 1 aromatic carbocycles. The van der Waals surface area contributed by atoms with Gasteiger partial charge in [0.15, 0.2) is 4.34 Å². The zero-order valence-corrected chi connectivity index (χ0v) is 13.9. The van der Waals surface area contributed by atoms with E-state index in [1.807, 2.05) is 31.2 Å². The monoisotopic (exact) mass is 336 g/mol. The summed E-state index contributed by atoms with van der Waals surface area (Å²) in [4.78, 5) is 25.3. The van der Waals surface area contributed by atoms with Gasteiger partial charge in [-0.2, -0.15) is 0 Å². The van der Waals surface area contributed by atoms with Gasteiger partial charge >= 0.3 is 0 Å². The number of carbonyl (C=O) groups is 2. The molecule has 0 atom stereocenters.